The number of azide groups is 1. The summed E-state index contributed by atoms with van der Waals surface area (Å²) in [5, 5.41) is 6.45. The van der Waals surface area contributed by atoms with Crippen LogP contribution in [0.1, 0.15) is 12.0 Å². The minimum Gasteiger partial charge on any atom is -0.388 e. The number of rotatable bonds is 3. The van der Waals surface area contributed by atoms with Gasteiger partial charge in [-0.1, -0.05) is 23.0 Å². The molecule has 0 aliphatic rings. The van der Waals surface area contributed by atoms with Gasteiger partial charge in [0.25, 0.3) is 0 Å². The molecule has 0 radical (unpaired) electrons. The summed E-state index contributed by atoms with van der Waals surface area (Å²) < 4.78 is 0. The molecule has 1 aromatic carbocycles. The second-order valence-electron chi connectivity index (χ2n) is 2.84. The number of hydrogen-bond acceptors (Lipinski definition) is 2. The molecule has 0 heterocycles. The number of anilines is 1. The molecule has 4 heteroatoms. The molecule has 76 valence electrons. The molecule has 0 aliphatic carbocycles. The van der Waals surface area contributed by atoms with Crippen LogP contribution in [0.5, 0.6) is 0 Å². The van der Waals surface area contributed by atoms with Crippen molar-refractivity contribution in [1.82, 2.24) is 0 Å². The smallest absolute Gasteiger partial charge is 0.0367 e. The summed E-state index contributed by atoms with van der Waals surface area (Å²) in [6, 6.07) is 7.84. The van der Waals surface area contributed by atoms with Gasteiger partial charge in [-0.3, -0.25) is 0 Å². The summed E-state index contributed by atoms with van der Waals surface area (Å²) in [6.45, 7) is 0.426. The summed E-state index contributed by atoms with van der Waals surface area (Å²) in [4.78, 5) is 2.65. The molecular weight excluding hydrogens is 188 g/mol. The maximum Gasteiger partial charge on any atom is 0.0367 e. The minimum absolute atomic E-state index is 0.426. The van der Waals surface area contributed by atoms with E-state index < -0.39 is 0 Å². The van der Waals surface area contributed by atoms with Crippen LogP contribution in [0.3, 0.4) is 0 Å². The molecule has 1 N–H and O–H groups in total. The van der Waals surface area contributed by atoms with Crippen LogP contribution >= 0.6 is 0 Å². The zero-order valence-corrected chi connectivity index (χ0v) is 8.57. The van der Waals surface area contributed by atoms with E-state index in [-0.39, 0.29) is 0 Å². The SMILES string of the molecule is CNc1cccc(C#CCCN=[N+]=[N-])c1. The number of nitrogens with zero attached hydrogens (tertiary/aromatic N) is 3. The summed E-state index contributed by atoms with van der Waals surface area (Å²) in [5.74, 6) is 5.95. The molecule has 1 rings (SSSR count). The highest BCUT2D eigenvalue weighted by atomic mass is 15.1. The molecule has 0 atom stereocenters. The zero-order chi connectivity index (χ0) is 10.9. The Morgan fingerprint density at radius 3 is 3.13 bits per heavy atom. The molecule has 0 aromatic heterocycles. The van der Waals surface area contributed by atoms with Crippen molar-refractivity contribution in [1.29, 1.82) is 0 Å². The third-order valence-electron chi connectivity index (χ3n) is 1.78. The van der Waals surface area contributed by atoms with Gasteiger partial charge in [-0.2, -0.15) is 0 Å². The van der Waals surface area contributed by atoms with Gasteiger partial charge in [-0.05, 0) is 23.7 Å². The van der Waals surface area contributed by atoms with Crippen molar-refractivity contribution < 1.29 is 0 Å². The van der Waals surface area contributed by atoms with Crippen molar-refractivity contribution in [3.8, 4) is 11.8 Å². The fraction of sp³-hybridized carbons (Fsp3) is 0.273. The van der Waals surface area contributed by atoms with Gasteiger partial charge in [0, 0.05) is 36.2 Å². The van der Waals surface area contributed by atoms with Gasteiger partial charge < -0.3 is 5.32 Å². The predicted molar refractivity (Wildman–Crippen MR) is 61.5 cm³/mol. The lowest BCUT2D eigenvalue weighted by Gasteiger charge is -1.98. The molecule has 0 amide bonds. The average Bonchev–Trinajstić information content (AvgIpc) is 2.29. The Morgan fingerprint density at radius 2 is 2.40 bits per heavy atom. The van der Waals surface area contributed by atoms with Crippen LogP contribution in [0.15, 0.2) is 29.4 Å². The maximum absolute atomic E-state index is 8.05. The fourth-order valence-corrected chi connectivity index (χ4v) is 1.07. The van der Waals surface area contributed by atoms with Crippen LogP contribution in [-0.2, 0) is 0 Å². The zero-order valence-electron chi connectivity index (χ0n) is 8.57. The van der Waals surface area contributed by atoms with Gasteiger partial charge >= 0.3 is 0 Å². The molecule has 15 heavy (non-hydrogen) atoms. The third kappa shape index (κ3) is 4.08. The van der Waals surface area contributed by atoms with Gasteiger partial charge in [-0.25, -0.2) is 0 Å². The second-order valence-corrected chi connectivity index (χ2v) is 2.84. The van der Waals surface area contributed by atoms with E-state index in [9.17, 15) is 0 Å². The van der Waals surface area contributed by atoms with Crippen molar-refractivity contribution in [2.24, 2.45) is 5.11 Å². The largest absolute Gasteiger partial charge is 0.388 e. The van der Waals surface area contributed by atoms with Crippen LogP contribution in [-0.4, -0.2) is 13.6 Å². The standard InChI is InChI=1S/C11H12N4/c1-13-11-7-4-6-10(9-11)5-2-3-8-14-15-12/h4,6-7,9,13H,3,8H2,1H3. The van der Waals surface area contributed by atoms with E-state index >= 15 is 0 Å². The molecule has 0 spiro atoms. The average molecular weight is 200 g/mol. The first-order chi connectivity index (χ1) is 7.36. The van der Waals surface area contributed by atoms with Crippen molar-refractivity contribution in [2.75, 3.05) is 18.9 Å². The molecule has 1 aromatic rings. The summed E-state index contributed by atoms with van der Waals surface area (Å²) in [6.07, 6.45) is 0.591. The lowest BCUT2D eigenvalue weighted by atomic mass is 10.2. The highest BCUT2D eigenvalue weighted by Gasteiger charge is 1.88. The molecule has 4 nitrogen and oxygen atoms in total. The molecule has 0 saturated carbocycles. The summed E-state index contributed by atoms with van der Waals surface area (Å²) in [5.41, 5.74) is 10.1. The highest BCUT2D eigenvalue weighted by molar-refractivity contribution is 5.49. The van der Waals surface area contributed by atoms with Gasteiger partial charge in [0.2, 0.25) is 0 Å². The van der Waals surface area contributed by atoms with Gasteiger partial charge in [0.1, 0.15) is 0 Å². The van der Waals surface area contributed by atoms with Gasteiger partial charge in [0.05, 0.1) is 0 Å². The van der Waals surface area contributed by atoms with Crippen LogP contribution in [0.4, 0.5) is 5.69 Å². The van der Waals surface area contributed by atoms with E-state index in [4.69, 9.17) is 5.53 Å². The van der Waals surface area contributed by atoms with E-state index in [0.29, 0.717) is 13.0 Å². The molecular formula is C11H12N4. The number of hydrogen-bond donors (Lipinski definition) is 1. The summed E-state index contributed by atoms with van der Waals surface area (Å²) in [7, 11) is 1.87. The quantitative estimate of drug-likeness (QED) is 0.263. The Kier molecular flexibility index (Phi) is 4.65. The Labute approximate surface area is 88.9 Å². The first kappa shape index (κ1) is 11.0. The van der Waals surface area contributed by atoms with E-state index in [1.807, 2.05) is 31.3 Å². The minimum atomic E-state index is 0.426. The third-order valence-corrected chi connectivity index (χ3v) is 1.78. The monoisotopic (exact) mass is 200 g/mol. The fourth-order valence-electron chi connectivity index (χ4n) is 1.07. The first-order valence-corrected chi connectivity index (χ1v) is 4.64. The lowest BCUT2D eigenvalue weighted by Crippen LogP contribution is -1.87. The van der Waals surface area contributed by atoms with Crippen LogP contribution in [0, 0.1) is 11.8 Å². The Balaban J connectivity index is 2.58. The second kappa shape index (κ2) is 6.36. The number of nitrogens with one attached hydrogen (secondary N) is 1. The van der Waals surface area contributed by atoms with Crippen LogP contribution in [0.25, 0.3) is 10.4 Å². The summed E-state index contributed by atoms with van der Waals surface area (Å²) >= 11 is 0. The highest BCUT2D eigenvalue weighted by Crippen LogP contribution is 2.08. The van der Waals surface area contributed by atoms with E-state index in [1.165, 1.54) is 0 Å². The molecule has 0 unspecified atom stereocenters. The Hall–Kier alpha value is -2.11. The van der Waals surface area contributed by atoms with Crippen molar-refractivity contribution in [2.45, 2.75) is 6.42 Å². The molecule has 0 aliphatic heterocycles. The predicted octanol–water partition coefficient (Wildman–Crippen LogP) is 2.78. The maximum atomic E-state index is 8.05. The first-order valence-electron chi connectivity index (χ1n) is 4.64. The van der Waals surface area contributed by atoms with E-state index in [1.54, 1.807) is 0 Å². The Bertz CT molecular complexity index is 422. The number of benzene rings is 1. The molecule has 0 saturated heterocycles. The van der Waals surface area contributed by atoms with Crippen molar-refractivity contribution in [3.63, 3.8) is 0 Å². The van der Waals surface area contributed by atoms with E-state index in [0.717, 1.165) is 11.3 Å². The van der Waals surface area contributed by atoms with Crippen molar-refractivity contribution in [3.05, 3.63) is 40.3 Å². The topological polar surface area (TPSA) is 60.8 Å². The van der Waals surface area contributed by atoms with Crippen LogP contribution < -0.4 is 5.32 Å². The van der Waals surface area contributed by atoms with E-state index in [2.05, 4.69) is 27.2 Å². The van der Waals surface area contributed by atoms with Crippen molar-refractivity contribution >= 4 is 5.69 Å². The van der Waals surface area contributed by atoms with Crippen LogP contribution in [0.2, 0.25) is 0 Å². The van der Waals surface area contributed by atoms with Gasteiger partial charge in [0.15, 0.2) is 0 Å². The molecule has 0 bridgehead atoms. The Morgan fingerprint density at radius 1 is 1.53 bits per heavy atom. The normalized spacial score (nSPS) is 8.33. The molecule has 0 fully saturated rings. The lowest BCUT2D eigenvalue weighted by molar-refractivity contribution is 1.01. The van der Waals surface area contributed by atoms with Gasteiger partial charge in [-0.15, -0.1) is 0 Å².